The van der Waals surface area contributed by atoms with E-state index in [-0.39, 0.29) is 22.9 Å². The average Bonchev–Trinajstić information content (AvgIpc) is 3.03. The maximum atomic E-state index is 12.3. The first kappa shape index (κ1) is 14.3. The summed E-state index contributed by atoms with van der Waals surface area (Å²) in [6.45, 7) is 0. The molecule has 4 rings (SSSR count). The quantitative estimate of drug-likeness (QED) is 0.576. The molecular weight excluding hydrogens is 310 g/mol. The minimum atomic E-state index is -0.539. The van der Waals surface area contributed by atoms with Gasteiger partial charge in [0.05, 0.1) is 5.56 Å². The number of nitrogens with zero attached hydrogens (tertiary/aromatic N) is 3. The number of rotatable bonds is 1. The van der Waals surface area contributed by atoms with Gasteiger partial charge in [-0.15, -0.1) is 0 Å². The molecule has 1 N–H and O–H groups in total. The second kappa shape index (κ2) is 4.82. The Balaban J connectivity index is 2.15. The van der Waals surface area contributed by atoms with Crippen LogP contribution in [0.1, 0.15) is 0 Å². The number of phenolic OH excluding ortho intramolecular Hbond substituents is 1. The second-order valence-corrected chi connectivity index (χ2v) is 5.56. The molecule has 0 amide bonds. The van der Waals surface area contributed by atoms with Crippen molar-refractivity contribution < 1.29 is 9.52 Å². The van der Waals surface area contributed by atoms with Crippen LogP contribution in [0, 0.1) is 0 Å². The molecule has 0 saturated carbocycles. The van der Waals surface area contributed by atoms with Gasteiger partial charge in [-0.2, -0.15) is 0 Å². The zero-order valence-corrected chi connectivity index (χ0v) is 13.0. The van der Waals surface area contributed by atoms with Crippen LogP contribution < -0.4 is 11.2 Å². The van der Waals surface area contributed by atoms with Gasteiger partial charge in [-0.25, -0.2) is 9.78 Å². The average molecular weight is 323 g/mol. The van der Waals surface area contributed by atoms with Crippen LogP contribution in [0.15, 0.2) is 50.4 Å². The molecule has 120 valence electrons. The van der Waals surface area contributed by atoms with Crippen molar-refractivity contribution in [1.82, 2.24) is 14.1 Å². The number of hydrogen-bond acceptors (Lipinski definition) is 5. The minimum absolute atomic E-state index is 0.0120. The summed E-state index contributed by atoms with van der Waals surface area (Å²) < 4.78 is 7.86. The minimum Gasteiger partial charge on any atom is -0.507 e. The van der Waals surface area contributed by atoms with Gasteiger partial charge >= 0.3 is 5.69 Å². The van der Waals surface area contributed by atoms with Gasteiger partial charge < -0.3 is 9.52 Å². The first-order chi connectivity index (χ1) is 11.5. The number of benzene rings is 2. The fourth-order valence-corrected chi connectivity index (χ4v) is 2.83. The van der Waals surface area contributed by atoms with E-state index < -0.39 is 11.2 Å². The molecule has 2 heterocycles. The molecule has 0 radical (unpaired) electrons. The Morgan fingerprint density at radius 1 is 1.04 bits per heavy atom. The first-order valence-electron chi connectivity index (χ1n) is 7.26. The summed E-state index contributed by atoms with van der Waals surface area (Å²) in [6.07, 6.45) is 0. The molecule has 24 heavy (non-hydrogen) atoms. The van der Waals surface area contributed by atoms with E-state index >= 15 is 0 Å². The number of aromatic hydroxyl groups is 1. The SMILES string of the molecule is Cn1c(=O)c2nc(-c3c(O)ccc4ccccc34)oc2n(C)c1=O. The molecule has 7 nitrogen and oxygen atoms in total. The van der Waals surface area contributed by atoms with Crippen LogP contribution >= 0.6 is 0 Å². The summed E-state index contributed by atoms with van der Waals surface area (Å²) in [5.41, 5.74) is -0.536. The van der Waals surface area contributed by atoms with Gasteiger partial charge in [-0.05, 0) is 16.8 Å². The molecule has 0 unspecified atom stereocenters. The molecule has 0 aliphatic heterocycles. The zero-order chi connectivity index (χ0) is 17.0. The number of fused-ring (bicyclic) bond motifs is 2. The molecule has 4 aromatic rings. The molecule has 0 aliphatic rings. The molecule has 0 atom stereocenters. The predicted molar refractivity (Wildman–Crippen MR) is 89.1 cm³/mol. The summed E-state index contributed by atoms with van der Waals surface area (Å²) in [6, 6.07) is 10.8. The highest BCUT2D eigenvalue weighted by atomic mass is 16.4. The topological polar surface area (TPSA) is 90.3 Å². The van der Waals surface area contributed by atoms with E-state index in [1.165, 1.54) is 18.7 Å². The Hall–Kier alpha value is -3.35. The van der Waals surface area contributed by atoms with Crippen molar-refractivity contribution in [2.24, 2.45) is 14.1 Å². The predicted octanol–water partition coefficient (Wildman–Crippen LogP) is 1.75. The van der Waals surface area contributed by atoms with Gasteiger partial charge in [-0.3, -0.25) is 13.9 Å². The van der Waals surface area contributed by atoms with E-state index in [0.717, 1.165) is 15.3 Å². The lowest BCUT2D eigenvalue weighted by molar-refractivity contribution is 0.474. The van der Waals surface area contributed by atoms with Gasteiger partial charge in [0.15, 0.2) is 5.52 Å². The summed E-state index contributed by atoms with van der Waals surface area (Å²) in [5.74, 6) is 0.0830. The number of aromatic nitrogens is 3. The molecular formula is C17H13N3O4. The van der Waals surface area contributed by atoms with Crippen molar-refractivity contribution in [3.63, 3.8) is 0 Å². The Labute approximate surface area is 135 Å². The summed E-state index contributed by atoms with van der Waals surface area (Å²) >= 11 is 0. The van der Waals surface area contributed by atoms with Crippen molar-refractivity contribution in [2.75, 3.05) is 0 Å². The number of aryl methyl sites for hydroxylation is 1. The Morgan fingerprint density at radius 3 is 2.58 bits per heavy atom. The molecule has 7 heteroatoms. The third kappa shape index (κ3) is 1.81. The van der Waals surface area contributed by atoms with Crippen molar-refractivity contribution in [3.8, 4) is 17.2 Å². The lowest BCUT2D eigenvalue weighted by Gasteiger charge is -2.05. The fourth-order valence-electron chi connectivity index (χ4n) is 2.83. The second-order valence-electron chi connectivity index (χ2n) is 5.56. The van der Waals surface area contributed by atoms with Crippen molar-refractivity contribution in [3.05, 3.63) is 57.2 Å². The number of hydrogen-bond donors (Lipinski definition) is 1. The molecule has 0 fully saturated rings. The standard InChI is InChI=1S/C17H13N3O4/c1-19-15(22)13-16(20(2)17(19)23)24-14(18-13)12-10-6-4-3-5-9(10)7-8-11(12)21/h3-8,21H,1-2H3. The van der Waals surface area contributed by atoms with Gasteiger partial charge in [0, 0.05) is 14.1 Å². The van der Waals surface area contributed by atoms with Crippen LogP contribution in [-0.2, 0) is 14.1 Å². The van der Waals surface area contributed by atoms with Crippen molar-refractivity contribution in [1.29, 1.82) is 0 Å². The third-order valence-corrected chi connectivity index (χ3v) is 4.12. The Bertz CT molecular complexity index is 1230. The third-order valence-electron chi connectivity index (χ3n) is 4.12. The monoisotopic (exact) mass is 323 g/mol. The Kier molecular flexibility index (Phi) is 2.86. The van der Waals surface area contributed by atoms with Crippen LogP contribution in [0.2, 0.25) is 0 Å². The van der Waals surface area contributed by atoms with Crippen molar-refractivity contribution >= 4 is 22.0 Å². The van der Waals surface area contributed by atoms with Crippen LogP contribution in [0.4, 0.5) is 0 Å². The molecule has 0 aliphatic carbocycles. The van der Waals surface area contributed by atoms with Crippen molar-refractivity contribution in [2.45, 2.75) is 0 Å². The molecule has 0 saturated heterocycles. The fraction of sp³-hybridized carbons (Fsp3) is 0.118. The molecule has 0 spiro atoms. The van der Waals surface area contributed by atoms with Crippen LogP contribution in [-0.4, -0.2) is 19.2 Å². The van der Waals surface area contributed by atoms with E-state index in [1.54, 1.807) is 12.1 Å². The van der Waals surface area contributed by atoms with E-state index in [4.69, 9.17) is 4.42 Å². The van der Waals surface area contributed by atoms with Crippen LogP contribution in [0.3, 0.4) is 0 Å². The summed E-state index contributed by atoms with van der Waals surface area (Å²) in [7, 11) is 2.88. The normalized spacial score (nSPS) is 11.4. The number of phenols is 1. The maximum absolute atomic E-state index is 12.3. The largest absolute Gasteiger partial charge is 0.507 e. The lowest BCUT2D eigenvalue weighted by Crippen LogP contribution is -2.36. The van der Waals surface area contributed by atoms with Crippen LogP contribution in [0.5, 0.6) is 5.75 Å². The van der Waals surface area contributed by atoms with Gasteiger partial charge in [-0.1, -0.05) is 30.3 Å². The molecule has 2 aromatic heterocycles. The van der Waals surface area contributed by atoms with E-state index in [9.17, 15) is 14.7 Å². The Morgan fingerprint density at radius 2 is 1.79 bits per heavy atom. The highest BCUT2D eigenvalue weighted by molar-refractivity contribution is 5.98. The summed E-state index contributed by atoms with van der Waals surface area (Å²) in [4.78, 5) is 28.5. The first-order valence-corrected chi connectivity index (χ1v) is 7.26. The van der Waals surface area contributed by atoms with E-state index in [0.29, 0.717) is 5.56 Å². The number of oxazole rings is 1. The highest BCUT2D eigenvalue weighted by Gasteiger charge is 2.20. The lowest BCUT2D eigenvalue weighted by atomic mass is 10.0. The van der Waals surface area contributed by atoms with Gasteiger partial charge in [0.2, 0.25) is 11.6 Å². The molecule has 0 bridgehead atoms. The van der Waals surface area contributed by atoms with Crippen LogP contribution in [0.25, 0.3) is 33.5 Å². The van der Waals surface area contributed by atoms with Gasteiger partial charge in [0.1, 0.15) is 5.75 Å². The summed E-state index contributed by atoms with van der Waals surface area (Å²) in [5, 5.41) is 11.9. The molecule has 2 aromatic carbocycles. The van der Waals surface area contributed by atoms with E-state index in [1.807, 2.05) is 24.3 Å². The highest BCUT2D eigenvalue weighted by Crippen LogP contribution is 2.36. The van der Waals surface area contributed by atoms with E-state index in [2.05, 4.69) is 4.98 Å². The van der Waals surface area contributed by atoms with Gasteiger partial charge in [0.25, 0.3) is 5.56 Å². The maximum Gasteiger partial charge on any atom is 0.333 e. The zero-order valence-electron chi connectivity index (χ0n) is 13.0. The smallest absolute Gasteiger partial charge is 0.333 e.